The Hall–Kier alpha value is -2.10. The number of hydrogen-bond acceptors (Lipinski definition) is 4. The van der Waals surface area contributed by atoms with Crippen molar-refractivity contribution in [3.63, 3.8) is 0 Å². The first-order valence-corrected chi connectivity index (χ1v) is 5.53. The Kier molecular flexibility index (Phi) is 3.23. The van der Waals surface area contributed by atoms with Crippen LogP contribution in [0.3, 0.4) is 0 Å². The van der Waals surface area contributed by atoms with Gasteiger partial charge in [0.05, 0.1) is 12.2 Å². The maximum atomic E-state index is 5.71. The summed E-state index contributed by atoms with van der Waals surface area (Å²) in [5, 5.41) is 3.34. The number of anilines is 2. The van der Waals surface area contributed by atoms with E-state index in [0.29, 0.717) is 6.54 Å². The van der Waals surface area contributed by atoms with Gasteiger partial charge < -0.3 is 11.1 Å². The first-order valence-electron chi connectivity index (χ1n) is 5.53. The summed E-state index contributed by atoms with van der Waals surface area (Å²) in [6, 6.07) is 7.74. The second-order valence-corrected chi connectivity index (χ2v) is 4.02. The van der Waals surface area contributed by atoms with Gasteiger partial charge in [0, 0.05) is 17.6 Å². The lowest BCUT2D eigenvalue weighted by Gasteiger charge is -2.09. The van der Waals surface area contributed by atoms with Gasteiger partial charge >= 0.3 is 0 Å². The van der Waals surface area contributed by atoms with E-state index in [1.807, 2.05) is 38.1 Å². The Morgan fingerprint density at radius 2 is 2.06 bits per heavy atom. The normalized spacial score (nSPS) is 10.2. The molecule has 17 heavy (non-hydrogen) atoms. The third kappa shape index (κ3) is 2.93. The molecule has 0 saturated carbocycles. The average Bonchev–Trinajstić information content (AvgIpc) is 2.28. The van der Waals surface area contributed by atoms with E-state index in [9.17, 15) is 0 Å². The molecule has 1 heterocycles. The Bertz CT molecular complexity index is 523. The van der Waals surface area contributed by atoms with Crippen LogP contribution in [0.2, 0.25) is 0 Å². The van der Waals surface area contributed by atoms with Crippen LogP contribution in [-0.4, -0.2) is 9.97 Å². The van der Waals surface area contributed by atoms with Gasteiger partial charge in [-0.1, -0.05) is 0 Å². The molecule has 0 aliphatic carbocycles. The quantitative estimate of drug-likeness (QED) is 0.791. The topological polar surface area (TPSA) is 63.8 Å². The number of aromatic nitrogens is 2. The van der Waals surface area contributed by atoms with Crippen molar-refractivity contribution in [2.75, 3.05) is 11.1 Å². The third-order valence-corrected chi connectivity index (χ3v) is 2.54. The number of nitrogens with one attached hydrogen (secondary N) is 1. The van der Waals surface area contributed by atoms with Crippen LogP contribution < -0.4 is 11.1 Å². The lowest BCUT2D eigenvalue weighted by atomic mass is 10.2. The van der Waals surface area contributed by atoms with Gasteiger partial charge in [0.15, 0.2) is 0 Å². The van der Waals surface area contributed by atoms with Crippen molar-refractivity contribution in [2.24, 2.45) is 0 Å². The number of hydrogen-bond donors (Lipinski definition) is 2. The van der Waals surface area contributed by atoms with Gasteiger partial charge in [-0.15, -0.1) is 0 Å². The molecule has 1 aromatic heterocycles. The summed E-state index contributed by atoms with van der Waals surface area (Å²) in [6.07, 6.45) is 1.77. The number of nitrogens with zero attached hydrogens (tertiary/aromatic N) is 2. The molecule has 4 heteroatoms. The van der Waals surface area contributed by atoms with E-state index >= 15 is 0 Å². The van der Waals surface area contributed by atoms with Gasteiger partial charge in [0.25, 0.3) is 0 Å². The molecule has 0 spiro atoms. The summed E-state index contributed by atoms with van der Waals surface area (Å²) < 4.78 is 0. The molecule has 0 bridgehead atoms. The van der Waals surface area contributed by atoms with Crippen molar-refractivity contribution >= 4 is 11.4 Å². The number of nitrogens with two attached hydrogens (primary N) is 1. The van der Waals surface area contributed by atoms with Crippen molar-refractivity contribution in [3.8, 4) is 0 Å². The number of rotatable bonds is 3. The number of aryl methyl sites for hydroxylation is 2. The van der Waals surface area contributed by atoms with Gasteiger partial charge in [-0.3, -0.25) is 0 Å². The minimum Gasteiger partial charge on any atom is -0.399 e. The SMILES string of the molecule is Cc1nccc(CNc2ccc(N)cc2C)n1. The maximum absolute atomic E-state index is 5.71. The number of nitrogen functional groups attached to an aromatic ring is 1. The van der Waals surface area contributed by atoms with E-state index in [1.165, 1.54) is 0 Å². The summed E-state index contributed by atoms with van der Waals surface area (Å²) in [7, 11) is 0. The van der Waals surface area contributed by atoms with E-state index in [0.717, 1.165) is 28.5 Å². The second kappa shape index (κ2) is 4.82. The molecule has 0 aliphatic rings. The molecule has 0 aliphatic heterocycles. The second-order valence-electron chi connectivity index (χ2n) is 4.02. The monoisotopic (exact) mass is 228 g/mol. The molecule has 0 radical (unpaired) electrons. The van der Waals surface area contributed by atoms with Crippen molar-refractivity contribution in [1.29, 1.82) is 0 Å². The van der Waals surface area contributed by atoms with Crippen LogP contribution in [0, 0.1) is 13.8 Å². The highest BCUT2D eigenvalue weighted by atomic mass is 14.9. The van der Waals surface area contributed by atoms with Gasteiger partial charge in [0.2, 0.25) is 0 Å². The van der Waals surface area contributed by atoms with Crippen molar-refractivity contribution in [2.45, 2.75) is 20.4 Å². The molecule has 0 atom stereocenters. The largest absolute Gasteiger partial charge is 0.399 e. The van der Waals surface area contributed by atoms with Gasteiger partial charge in [-0.2, -0.15) is 0 Å². The molecule has 1 aromatic carbocycles. The summed E-state index contributed by atoms with van der Waals surface area (Å²) in [6.45, 7) is 4.61. The van der Waals surface area contributed by atoms with E-state index in [4.69, 9.17) is 5.73 Å². The molecule has 2 aromatic rings. The fourth-order valence-corrected chi connectivity index (χ4v) is 1.67. The van der Waals surface area contributed by atoms with E-state index in [1.54, 1.807) is 6.20 Å². The average molecular weight is 228 g/mol. The zero-order valence-electron chi connectivity index (χ0n) is 10.1. The van der Waals surface area contributed by atoms with Gasteiger partial charge in [-0.25, -0.2) is 9.97 Å². The zero-order chi connectivity index (χ0) is 12.3. The van der Waals surface area contributed by atoms with Crippen molar-refractivity contribution < 1.29 is 0 Å². The molecule has 0 unspecified atom stereocenters. The minimum atomic E-state index is 0.689. The van der Waals surface area contributed by atoms with Crippen LogP contribution in [0.1, 0.15) is 17.1 Å². The predicted octanol–water partition coefficient (Wildman–Crippen LogP) is 2.29. The van der Waals surface area contributed by atoms with Gasteiger partial charge in [-0.05, 0) is 43.7 Å². The molecular weight excluding hydrogens is 212 g/mol. The molecule has 88 valence electrons. The fourth-order valence-electron chi connectivity index (χ4n) is 1.67. The van der Waals surface area contributed by atoms with Gasteiger partial charge in [0.1, 0.15) is 5.82 Å². The van der Waals surface area contributed by atoms with Crippen LogP contribution >= 0.6 is 0 Å². The Labute approximate surface area is 101 Å². The zero-order valence-corrected chi connectivity index (χ0v) is 10.1. The maximum Gasteiger partial charge on any atom is 0.125 e. The molecule has 0 fully saturated rings. The smallest absolute Gasteiger partial charge is 0.125 e. The Balaban J connectivity index is 2.07. The highest BCUT2D eigenvalue weighted by Crippen LogP contribution is 2.18. The molecule has 0 amide bonds. The van der Waals surface area contributed by atoms with E-state index < -0.39 is 0 Å². The molecular formula is C13H16N4. The summed E-state index contributed by atoms with van der Waals surface area (Å²) in [5.41, 5.74) is 9.68. The van der Waals surface area contributed by atoms with Crippen LogP contribution in [0.5, 0.6) is 0 Å². The number of benzene rings is 1. The van der Waals surface area contributed by atoms with Crippen LogP contribution in [0.25, 0.3) is 0 Å². The fraction of sp³-hybridized carbons (Fsp3) is 0.231. The first kappa shape index (κ1) is 11.4. The lowest BCUT2D eigenvalue weighted by molar-refractivity contribution is 0.954. The molecule has 2 rings (SSSR count). The molecule has 0 saturated heterocycles. The standard InChI is InChI=1S/C13H16N4/c1-9-7-11(14)3-4-13(9)16-8-12-5-6-15-10(2)17-12/h3-7,16H,8,14H2,1-2H3. The highest BCUT2D eigenvalue weighted by molar-refractivity contribution is 5.57. The van der Waals surface area contributed by atoms with Crippen molar-refractivity contribution in [1.82, 2.24) is 9.97 Å². The lowest BCUT2D eigenvalue weighted by Crippen LogP contribution is -2.04. The Morgan fingerprint density at radius 3 is 2.76 bits per heavy atom. The predicted molar refractivity (Wildman–Crippen MR) is 69.7 cm³/mol. The third-order valence-electron chi connectivity index (χ3n) is 2.54. The van der Waals surface area contributed by atoms with Crippen LogP contribution in [-0.2, 0) is 6.54 Å². The van der Waals surface area contributed by atoms with Crippen LogP contribution in [0.4, 0.5) is 11.4 Å². The highest BCUT2D eigenvalue weighted by Gasteiger charge is 2.00. The van der Waals surface area contributed by atoms with E-state index in [-0.39, 0.29) is 0 Å². The molecule has 4 nitrogen and oxygen atoms in total. The Morgan fingerprint density at radius 1 is 1.24 bits per heavy atom. The summed E-state index contributed by atoms with van der Waals surface area (Å²) in [5.74, 6) is 0.790. The molecule has 3 N–H and O–H groups in total. The summed E-state index contributed by atoms with van der Waals surface area (Å²) in [4.78, 5) is 8.41. The van der Waals surface area contributed by atoms with E-state index in [2.05, 4.69) is 15.3 Å². The van der Waals surface area contributed by atoms with Crippen LogP contribution in [0.15, 0.2) is 30.5 Å². The minimum absolute atomic E-state index is 0.689. The summed E-state index contributed by atoms with van der Waals surface area (Å²) >= 11 is 0. The van der Waals surface area contributed by atoms with Crippen molar-refractivity contribution in [3.05, 3.63) is 47.5 Å². The first-order chi connectivity index (χ1) is 8.15.